The van der Waals surface area contributed by atoms with Crippen molar-refractivity contribution in [3.8, 4) is 11.5 Å². The number of thioether (sulfide) groups is 1. The third kappa shape index (κ3) is 6.89. The number of hydrogen-bond acceptors (Lipinski definition) is 5. The monoisotopic (exact) mass is 360 g/mol. The van der Waals surface area contributed by atoms with Crippen molar-refractivity contribution in [2.45, 2.75) is 13.5 Å². The summed E-state index contributed by atoms with van der Waals surface area (Å²) in [6.07, 6.45) is 0. The van der Waals surface area contributed by atoms with Crippen molar-refractivity contribution in [3.05, 3.63) is 60.2 Å². The molecule has 0 aromatic heterocycles. The van der Waals surface area contributed by atoms with Gasteiger partial charge in [0.1, 0.15) is 30.6 Å². The molecule has 0 fully saturated rings. The molecule has 0 heterocycles. The highest BCUT2D eigenvalue weighted by atomic mass is 32.2. The molecule has 0 amide bonds. The molecule has 0 radical (unpaired) electrons. The Kier molecular flexibility index (Phi) is 7.35. The van der Waals surface area contributed by atoms with Crippen molar-refractivity contribution in [1.82, 2.24) is 0 Å². The van der Waals surface area contributed by atoms with E-state index in [1.54, 1.807) is 24.3 Å². The number of carboxylic acid groups (broad SMARTS) is 1. The highest BCUT2D eigenvalue weighted by Crippen LogP contribution is 2.20. The zero-order valence-corrected chi connectivity index (χ0v) is 14.7. The van der Waals surface area contributed by atoms with Crippen LogP contribution in [0.5, 0.6) is 11.5 Å². The van der Waals surface area contributed by atoms with Crippen LogP contribution in [0.15, 0.2) is 54.6 Å². The molecule has 0 aliphatic heterocycles. The fourth-order valence-corrected chi connectivity index (χ4v) is 2.65. The number of aliphatic carboxylic acids is 1. The second-order valence-electron chi connectivity index (χ2n) is 5.39. The summed E-state index contributed by atoms with van der Waals surface area (Å²) in [5.74, 6) is -0.244. The van der Waals surface area contributed by atoms with E-state index in [-0.39, 0.29) is 17.5 Å². The third-order valence-corrected chi connectivity index (χ3v) is 4.34. The highest BCUT2D eigenvalue weighted by Gasteiger charge is 2.19. The molecule has 1 unspecified atom stereocenters. The molecule has 1 atom stereocenters. The summed E-state index contributed by atoms with van der Waals surface area (Å²) in [5.41, 5.74) is 1.08. The van der Waals surface area contributed by atoms with Crippen molar-refractivity contribution >= 4 is 22.8 Å². The molecule has 25 heavy (non-hydrogen) atoms. The SMILES string of the molecule is CC(=O)SCC(COc1ccc(OCc2ccccc2)cc1)C(=O)O. The number of carbonyl (C=O) groups is 2. The minimum Gasteiger partial charge on any atom is -0.493 e. The Morgan fingerprint density at radius 3 is 2.16 bits per heavy atom. The van der Waals surface area contributed by atoms with Crippen LogP contribution in [-0.4, -0.2) is 28.6 Å². The molecule has 6 heteroatoms. The van der Waals surface area contributed by atoms with Crippen LogP contribution >= 0.6 is 11.8 Å². The Morgan fingerprint density at radius 2 is 1.60 bits per heavy atom. The van der Waals surface area contributed by atoms with Crippen LogP contribution in [0.3, 0.4) is 0 Å². The summed E-state index contributed by atoms with van der Waals surface area (Å²) < 4.78 is 11.2. The lowest BCUT2D eigenvalue weighted by Crippen LogP contribution is -2.24. The van der Waals surface area contributed by atoms with E-state index in [9.17, 15) is 9.59 Å². The van der Waals surface area contributed by atoms with Crippen LogP contribution in [0.4, 0.5) is 0 Å². The molecule has 2 aromatic carbocycles. The van der Waals surface area contributed by atoms with Crippen molar-refractivity contribution in [1.29, 1.82) is 0 Å². The molecule has 132 valence electrons. The van der Waals surface area contributed by atoms with E-state index >= 15 is 0 Å². The van der Waals surface area contributed by atoms with Crippen molar-refractivity contribution in [2.24, 2.45) is 5.92 Å². The molecule has 5 nitrogen and oxygen atoms in total. The van der Waals surface area contributed by atoms with Gasteiger partial charge in [-0.15, -0.1) is 0 Å². The van der Waals surface area contributed by atoms with Gasteiger partial charge in [0, 0.05) is 12.7 Å². The molecule has 0 saturated carbocycles. The summed E-state index contributed by atoms with van der Waals surface area (Å²) >= 11 is 0.990. The smallest absolute Gasteiger partial charge is 0.310 e. The van der Waals surface area contributed by atoms with Gasteiger partial charge in [0.05, 0.1) is 0 Å². The van der Waals surface area contributed by atoms with E-state index in [0.29, 0.717) is 18.1 Å². The summed E-state index contributed by atoms with van der Waals surface area (Å²) in [4.78, 5) is 22.1. The summed E-state index contributed by atoms with van der Waals surface area (Å²) in [5, 5.41) is 9.06. The number of carboxylic acids is 1. The van der Waals surface area contributed by atoms with Gasteiger partial charge < -0.3 is 14.6 Å². The Balaban J connectivity index is 1.82. The second-order valence-corrected chi connectivity index (χ2v) is 6.59. The summed E-state index contributed by atoms with van der Waals surface area (Å²) in [6.45, 7) is 1.91. The van der Waals surface area contributed by atoms with E-state index in [2.05, 4.69) is 0 Å². The molecule has 2 rings (SSSR count). The van der Waals surface area contributed by atoms with Crippen LogP contribution in [0, 0.1) is 5.92 Å². The van der Waals surface area contributed by atoms with Gasteiger partial charge in [0.25, 0.3) is 0 Å². The van der Waals surface area contributed by atoms with Crippen LogP contribution in [0.25, 0.3) is 0 Å². The van der Waals surface area contributed by atoms with Crippen molar-refractivity contribution < 1.29 is 24.2 Å². The maximum Gasteiger partial charge on any atom is 0.310 e. The number of ether oxygens (including phenoxy) is 2. The van der Waals surface area contributed by atoms with Crippen LogP contribution in [0.2, 0.25) is 0 Å². The zero-order valence-electron chi connectivity index (χ0n) is 13.9. The maximum atomic E-state index is 11.2. The summed E-state index contributed by atoms with van der Waals surface area (Å²) in [7, 11) is 0. The predicted molar refractivity (Wildman–Crippen MR) is 97.0 cm³/mol. The quantitative estimate of drug-likeness (QED) is 0.736. The Morgan fingerprint density at radius 1 is 1.00 bits per heavy atom. The van der Waals surface area contributed by atoms with Gasteiger partial charge >= 0.3 is 5.97 Å². The second kappa shape index (κ2) is 9.74. The largest absolute Gasteiger partial charge is 0.493 e. The van der Waals surface area contributed by atoms with Crippen LogP contribution < -0.4 is 9.47 Å². The molecule has 0 saturated heterocycles. The first-order chi connectivity index (χ1) is 12.0. The molecule has 1 N–H and O–H groups in total. The van der Waals surface area contributed by atoms with Crippen LogP contribution in [0.1, 0.15) is 12.5 Å². The number of carbonyl (C=O) groups excluding carboxylic acids is 1. The van der Waals surface area contributed by atoms with E-state index in [1.807, 2.05) is 30.3 Å². The van der Waals surface area contributed by atoms with E-state index in [4.69, 9.17) is 14.6 Å². The van der Waals surface area contributed by atoms with Gasteiger partial charge in [-0.2, -0.15) is 0 Å². The maximum absolute atomic E-state index is 11.2. The lowest BCUT2D eigenvalue weighted by Gasteiger charge is -2.13. The number of hydrogen-bond donors (Lipinski definition) is 1. The highest BCUT2D eigenvalue weighted by molar-refractivity contribution is 8.13. The average Bonchev–Trinajstić information content (AvgIpc) is 2.61. The number of benzene rings is 2. The Hall–Kier alpha value is -2.47. The van der Waals surface area contributed by atoms with Crippen LogP contribution in [-0.2, 0) is 16.2 Å². The minimum atomic E-state index is -0.975. The van der Waals surface area contributed by atoms with E-state index < -0.39 is 11.9 Å². The molecule has 2 aromatic rings. The van der Waals surface area contributed by atoms with Gasteiger partial charge in [-0.25, -0.2) is 0 Å². The van der Waals surface area contributed by atoms with Gasteiger partial charge in [-0.1, -0.05) is 42.1 Å². The first-order valence-electron chi connectivity index (χ1n) is 7.80. The van der Waals surface area contributed by atoms with Gasteiger partial charge in [0.2, 0.25) is 0 Å². The topological polar surface area (TPSA) is 72.8 Å². The standard InChI is InChI=1S/C19H20O5S/c1-14(20)25-13-16(19(21)22)12-24-18-9-7-17(8-10-18)23-11-15-5-3-2-4-6-15/h2-10,16H,11-13H2,1H3,(H,21,22). The lowest BCUT2D eigenvalue weighted by molar-refractivity contribution is -0.141. The molecule has 0 bridgehead atoms. The first-order valence-corrected chi connectivity index (χ1v) is 8.79. The molecule has 0 aliphatic rings. The molecular formula is C19H20O5S. The van der Waals surface area contributed by atoms with Crippen molar-refractivity contribution in [3.63, 3.8) is 0 Å². The Bertz CT molecular complexity index is 685. The zero-order chi connectivity index (χ0) is 18.1. The third-order valence-electron chi connectivity index (χ3n) is 3.36. The first kappa shape index (κ1) is 18.9. The fraction of sp³-hybridized carbons (Fsp3) is 0.263. The van der Waals surface area contributed by atoms with Gasteiger partial charge in [-0.05, 0) is 29.8 Å². The van der Waals surface area contributed by atoms with Crippen molar-refractivity contribution in [2.75, 3.05) is 12.4 Å². The van der Waals surface area contributed by atoms with E-state index in [0.717, 1.165) is 17.3 Å². The molecular weight excluding hydrogens is 340 g/mol. The Labute approximate surface area is 151 Å². The normalized spacial score (nSPS) is 11.6. The molecule has 0 aliphatic carbocycles. The molecule has 0 spiro atoms. The predicted octanol–water partition coefficient (Wildman–Crippen LogP) is 3.62. The fourth-order valence-electron chi connectivity index (χ4n) is 1.98. The van der Waals surface area contributed by atoms with Gasteiger partial charge in [0.15, 0.2) is 5.12 Å². The minimum absolute atomic E-state index is 0.0137. The van der Waals surface area contributed by atoms with E-state index in [1.165, 1.54) is 6.92 Å². The van der Waals surface area contributed by atoms with Gasteiger partial charge in [-0.3, -0.25) is 9.59 Å². The number of rotatable bonds is 9. The average molecular weight is 360 g/mol. The summed E-state index contributed by atoms with van der Waals surface area (Å²) in [6, 6.07) is 16.9. The lowest BCUT2D eigenvalue weighted by atomic mass is 10.2.